The minimum Gasteiger partial charge on any atom is -0.507 e. The van der Waals surface area contributed by atoms with Crippen molar-refractivity contribution in [3.05, 3.63) is 22.3 Å². The summed E-state index contributed by atoms with van der Waals surface area (Å²) in [6, 6.07) is 0. The summed E-state index contributed by atoms with van der Waals surface area (Å²) < 4.78 is 0. The number of hydrogen-bond donors (Lipinski definition) is 3. The van der Waals surface area contributed by atoms with Gasteiger partial charge < -0.3 is 15.3 Å². The van der Waals surface area contributed by atoms with E-state index < -0.39 is 6.61 Å². The van der Waals surface area contributed by atoms with Crippen LogP contribution < -0.4 is 0 Å². The van der Waals surface area contributed by atoms with Crippen LogP contribution in [0.5, 0.6) is 11.5 Å². The number of rotatable bonds is 2. The first-order valence-electron chi connectivity index (χ1n) is 4.14. The number of carbonyl (C=O) groups excluding carboxylic acids is 1. The van der Waals surface area contributed by atoms with Gasteiger partial charge in [-0.3, -0.25) is 4.79 Å². The molecule has 0 amide bonds. The van der Waals surface area contributed by atoms with Gasteiger partial charge in [-0.15, -0.1) is 0 Å². The molecule has 0 aliphatic rings. The van der Waals surface area contributed by atoms with Gasteiger partial charge in [0.05, 0.1) is 12.2 Å². The third kappa shape index (κ3) is 1.33. The highest BCUT2D eigenvalue weighted by Crippen LogP contribution is 2.35. The van der Waals surface area contributed by atoms with Gasteiger partial charge in [-0.2, -0.15) is 0 Å². The molecule has 4 nitrogen and oxygen atoms in total. The number of carbonyl (C=O) groups is 1. The zero-order chi connectivity index (χ0) is 10.9. The second-order valence-electron chi connectivity index (χ2n) is 3.12. The molecule has 0 radical (unpaired) electrons. The van der Waals surface area contributed by atoms with E-state index >= 15 is 0 Å². The number of aldehydes is 1. The average molecular weight is 196 g/mol. The van der Waals surface area contributed by atoms with E-state index in [0.717, 1.165) is 0 Å². The molecule has 0 fully saturated rings. The number of phenols is 2. The fourth-order valence-electron chi connectivity index (χ4n) is 1.34. The molecule has 0 saturated carbocycles. The van der Waals surface area contributed by atoms with Crippen molar-refractivity contribution >= 4 is 6.29 Å². The molecule has 0 unspecified atom stereocenters. The number of benzene rings is 1. The topological polar surface area (TPSA) is 77.8 Å². The van der Waals surface area contributed by atoms with Gasteiger partial charge in [-0.1, -0.05) is 0 Å². The first kappa shape index (κ1) is 10.5. The predicted molar refractivity (Wildman–Crippen MR) is 50.6 cm³/mol. The van der Waals surface area contributed by atoms with Gasteiger partial charge in [-0.05, 0) is 25.0 Å². The van der Waals surface area contributed by atoms with Crippen molar-refractivity contribution < 1.29 is 20.1 Å². The molecule has 0 bridgehead atoms. The molecule has 76 valence electrons. The van der Waals surface area contributed by atoms with Crippen LogP contribution in [-0.2, 0) is 6.61 Å². The summed E-state index contributed by atoms with van der Waals surface area (Å²) in [6.45, 7) is 2.73. The Morgan fingerprint density at radius 1 is 1.14 bits per heavy atom. The molecule has 14 heavy (non-hydrogen) atoms. The summed E-state index contributed by atoms with van der Waals surface area (Å²) in [5.41, 5.74) is 0.938. The predicted octanol–water partition coefficient (Wildman–Crippen LogP) is 1.02. The Kier molecular flexibility index (Phi) is 2.76. The second kappa shape index (κ2) is 3.67. The van der Waals surface area contributed by atoms with Crippen LogP contribution in [-0.4, -0.2) is 21.6 Å². The van der Waals surface area contributed by atoms with Gasteiger partial charge in [0.15, 0.2) is 6.29 Å². The van der Waals surface area contributed by atoms with Gasteiger partial charge in [0.1, 0.15) is 11.5 Å². The SMILES string of the molecule is Cc1c(C)c(O)c(CO)c(C=O)c1O. The van der Waals surface area contributed by atoms with Crippen molar-refractivity contribution in [3.63, 3.8) is 0 Å². The molecule has 0 saturated heterocycles. The Labute approximate surface area is 81.4 Å². The van der Waals surface area contributed by atoms with Crippen molar-refractivity contribution in [2.24, 2.45) is 0 Å². The van der Waals surface area contributed by atoms with Crippen molar-refractivity contribution in [3.8, 4) is 11.5 Å². The monoisotopic (exact) mass is 196 g/mol. The van der Waals surface area contributed by atoms with Gasteiger partial charge in [-0.25, -0.2) is 0 Å². The third-order valence-corrected chi connectivity index (χ3v) is 2.41. The Morgan fingerprint density at radius 2 is 1.64 bits per heavy atom. The molecule has 1 aromatic carbocycles. The number of hydrogen-bond acceptors (Lipinski definition) is 4. The van der Waals surface area contributed by atoms with Gasteiger partial charge in [0.2, 0.25) is 0 Å². The lowest BCUT2D eigenvalue weighted by atomic mass is 9.98. The average Bonchev–Trinajstić information content (AvgIpc) is 2.20. The number of aliphatic hydroxyl groups excluding tert-OH is 1. The van der Waals surface area contributed by atoms with E-state index in [1.54, 1.807) is 13.8 Å². The molecule has 0 spiro atoms. The van der Waals surface area contributed by atoms with Crippen LogP contribution in [0, 0.1) is 13.8 Å². The lowest BCUT2D eigenvalue weighted by molar-refractivity contribution is 0.111. The summed E-state index contributed by atoms with van der Waals surface area (Å²) in [6.07, 6.45) is 0.424. The zero-order valence-electron chi connectivity index (χ0n) is 8.03. The first-order chi connectivity index (χ1) is 6.54. The summed E-state index contributed by atoms with van der Waals surface area (Å²) in [4.78, 5) is 10.6. The van der Waals surface area contributed by atoms with Crippen LogP contribution >= 0.6 is 0 Å². The molecular formula is C10H12O4. The highest BCUT2D eigenvalue weighted by molar-refractivity contribution is 5.84. The van der Waals surface area contributed by atoms with Gasteiger partial charge >= 0.3 is 0 Å². The van der Waals surface area contributed by atoms with Crippen LogP contribution in [0.4, 0.5) is 0 Å². The number of aliphatic hydroxyl groups is 1. The number of phenolic OH excluding ortho intramolecular Hbond substituents is 1. The zero-order valence-corrected chi connectivity index (χ0v) is 8.03. The van der Waals surface area contributed by atoms with E-state index in [-0.39, 0.29) is 22.6 Å². The van der Waals surface area contributed by atoms with Crippen LogP contribution in [0.2, 0.25) is 0 Å². The Hall–Kier alpha value is -1.55. The van der Waals surface area contributed by atoms with E-state index in [1.807, 2.05) is 0 Å². The molecule has 0 atom stereocenters. The Morgan fingerprint density at radius 3 is 2.07 bits per heavy atom. The van der Waals surface area contributed by atoms with E-state index in [9.17, 15) is 15.0 Å². The maximum absolute atomic E-state index is 10.6. The normalized spacial score (nSPS) is 10.2. The van der Waals surface area contributed by atoms with E-state index in [1.165, 1.54) is 0 Å². The summed E-state index contributed by atoms with van der Waals surface area (Å²) in [7, 11) is 0. The van der Waals surface area contributed by atoms with Crippen molar-refractivity contribution in [2.45, 2.75) is 20.5 Å². The third-order valence-electron chi connectivity index (χ3n) is 2.41. The highest BCUT2D eigenvalue weighted by Gasteiger charge is 2.17. The minimum absolute atomic E-state index is 0.0481. The Bertz CT molecular complexity index is 382. The molecule has 0 aromatic heterocycles. The summed E-state index contributed by atoms with van der Waals surface area (Å²) >= 11 is 0. The van der Waals surface area contributed by atoms with E-state index in [0.29, 0.717) is 17.4 Å². The van der Waals surface area contributed by atoms with Crippen LogP contribution in [0.15, 0.2) is 0 Å². The second-order valence-corrected chi connectivity index (χ2v) is 3.12. The van der Waals surface area contributed by atoms with Crippen LogP contribution in [0.25, 0.3) is 0 Å². The van der Waals surface area contributed by atoms with Crippen LogP contribution in [0.1, 0.15) is 27.0 Å². The maximum atomic E-state index is 10.6. The standard InChI is InChI=1S/C10H12O4/c1-5-6(2)10(14)8(4-12)7(3-11)9(5)13/h3,12-14H,4H2,1-2H3. The summed E-state index contributed by atoms with van der Waals surface area (Å²) in [5, 5.41) is 28.1. The molecule has 1 aromatic rings. The fraction of sp³-hybridized carbons (Fsp3) is 0.300. The number of aromatic hydroxyl groups is 2. The van der Waals surface area contributed by atoms with E-state index in [2.05, 4.69) is 0 Å². The van der Waals surface area contributed by atoms with E-state index in [4.69, 9.17) is 5.11 Å². The maximum Gasteiger partial charge on any atom is 0.154 e. The summed E-state index contributed by atoms with van der Waals surface area (Å²) in [5.74, 6) is -0.316. The van der Waals surface area contributed by atoms with Gasteiger partial charge in [0.25, 0.3) is 0 Å². The first-order valence-corrected chi connectivity index (χ1v) is 4.14. The van der Waals surface area contributed by atoms with Crippen molar-refractivity contribution in [1.82, 2.24) is 0 Å². The molecular weight excluding hydrogens is 184 g/mol. The molecule has 4 heteroatoms. The van der Waals surface area contributed by atoms with Crippen LogP contribution in [0.3, 0.4) is 0 Å². The molecule has 0 heterocycles. The lowest BCUT2D eigenvalue weighted by Gasteiger charge is -2.13. The van der Waals surface area contributed by atoms with Crippen molar-refractivity contribution in [2.75, 3.05) is 0 Å². The largest absolute Gasteiger partial charge is 0.507 e. The molecule has 1 rings (SSSR count). The Balaban J connectivity index is 3.65. The lowest BCUT2D eigenvalue weighted by Crippen LogP contribution is -1.98. The highest BCUT2D eigenvalue weighted by atomic mass is 16.3. The fourth-order valence-corrected chi connectivity index (χ4v) is 1.34. The molecule has 0 aliphatic heterocycles. The quantitative estimate of drug-likeness (QED) is 0.487. The smallest absolute Gasteiger partial charge is 0.154 e. The van der Waals surface area contributed by atoms with Crippen molar-refractivity contribution in [1.29, 1.82) is 0 Å². The molecule has 3 N–H and O–H groups in total. The molecule has 0 aliphatic carbocycles. The minimum atomic E-state index is -0.478. The van der Waals surface area contributed by atoms with Gasteiger partial charge in [0, 0.05) is 5.56 Å².